The molecule has 0 aliphatic carbocycles. The molecule has 3 N–H and O–H groups in total. The lowest BCUT2D eigenvalue weighted by atomic mass is 10.1. The van der Waals surface area contributed by atoms with Crippen LogP contribution in [0.5, 0.6) is 0 Å². The van der Waals surface area contributed by atoms with Gasteiger partial charge in [-0.1, -0.05) is 44.2 Å². The van der Waals surface area contributed by atoms with E-state index in [1.54, 1.807) is 0 Å². The van der Waals surface area contributed by atoms with Crippen LogP contribution in [0, 0.1) is 11.8 Å². The molecule has 2 aliphatic rings. The largest absolute Gasteiger partial charge is 0.444 e. The predicted octanol–water partition coefficient (Wildman–Crippen LogP) is 4.15. The molecule has 4 atom stereocenters. The second kappa shape index (κ2) is 12.6. The van der Waals surface area contributed by atoms with Crippen molar-refractivity contribution >= 4 is 12.2 Å². The minimum atomic E-state index is -0.449. The van der Waals surface area contributed by atoms with E-state index in [4.69, 9.17) is 9.47 Å². The Kier molecular flexibility index (Phi) is 10.4. The number of amides is 2. The van der Waals surface area contributed by atoms with Crippen molar-refractivity contribution in [1.29, 1.82) is 0 Å². The molecule has 0 spiro atoms. The molecule has 0 bridgehead atoms. The maximum absolute atomic E-state index is 11.9. The summed E-state index contributed by atoms with van der Waals surface area (Å²) in [4.78, 5) is 25.6. The molecule has 8 nitrogen and oxygen atoms in total. The number of carbonyl (C=O) groups is 2. The van der Waals surface area contributed by atoms with Gasteiger partial charge in [0.2, 0.25) is 0 Å². The van der Waals surface area contributed by atoms with Gasteiger partial charge in [-0.2, -0.15) is 0 Å². The van der Waals surface area contributed by atoms with Gasteiger partial charge in [-0.3, -0.25) is 4.90 Å². The Bertz CT molecular complexity index is 804. The van der Waals surface area contributed by atoms with E-state index in [2.05, 4.69) is 59.0 Å². The third-order valence-electron chi connectivity index (χ3n) is 5.86. The Hall–Kier alpha value is -2.32. The lowest BCUT2D eigenvalue weighted by Gasteiger charge is -2.23. The van der Waals surface area contributed by atoms with Crippen LogP contribution in [0.2, 0.25) is 0 Å². The number of benzene rings is 1. The van der Waals surface area contributed by atoms with Crippen molar-refractivity contribution in [1.82, 2.24) is 20.9 Å². The molecule has 1 aromatic rings. The molecule has 1 aromatic carbocycles. The van der Waals surface area contributed by atoms with Gasteiger partial charge in [0.25, 0.3) is 0 Å². The van der Waals surface area contributed by atoms with Crippen LogP contribution in [0.4, 0.5) is 9.59 Å². The molecule has 2 amide bonds. The first kappa shape index (κ1) is 28.9. The van der Waals surface area contributed by atoms with Gasteiger partial charge in [0.1, 0.15) is 11.2 Å². The molecule has 2 aliphatic heterocycles. The lowest BCUT2D eigenvalue weighted by molar-refractivity contribution is 0.0486. The predicted molar refractivity (Wildman–Crippen MR) is 139 cm³/mol. The van der Waals surface area contributed by atoms with Gasteiger partial charge < -0.3 is 25.4 Å². The van der Waals surface area contributed by atoms with E-state index in [0.29, 0.717) is 11.8 Å². The SMILES string of the molecule is C[C@H]1CN(Cc2ccccc2)C[C@H]1NC(=O)OC(C)(C)C.C[C@H]1CNC[C@H]1NC(=O)OC(C)(C)C. The summed E-state index contributed by atoms with van der Waals surface area (Å²) < 4.78 is 10.5. The number of likely N-dealkylation sites (tertiary alicyclic amines) is 1. The number of ether oxygens (including phenoxy) is 2. The van der Waals surface area contributed by atoms with Crippen LogP contribution >= 0.6 is 0 Å². The van der Waals surface area contributed by atoms with Gasteiger partial charge in [0.05, 0.1) is 0 Å². The summed E-state index contributed by atoms with van der Waals surface area (Å²) in [6.45, 7) is 20.1. The molecular formula is C27H46N4O4. The summed E-state index contributed by atoms with van der Waals surface area (Å²) >= 11 is 0. The Morgan fingerprint density at radius 1 is 0.857 bits per heavy atom. The average Bonchev–Trinajstić information content (AvgIpc) is 3.25. The van der Waals surface area contributed by atoms with Crippen molar-refractivity contribution in [2.75, 3.05) is 26.2 Å². The fourth-order valence-corrected chi connectivity index (χ4v) is 4.15. The Labute approximate surface area is 211 Å². The van der Waals surface area contributed by atoms with Gasteiger partial charge in [-0.05, 0) is 65.5 Å². The molecule has 35 heavy (non-hydrogen) atoms. The molecule has 198 valence electrons. The minimum absolute atomic E-state index is 0.156. The number of hydrogen-bond acceptors (Lipinski definition) is 6. The number of nitrogens with one attached hydrogen (secondary N) is 3. The average molecular weight is 491 g/mol. The molecule has 2 fully saturated rings. The van der Waals surface area contributed by atoms with Gasteiger partial charge in [-0.15, -0.1) is 0 Å². The highest BCUT2D eigenvalue weighted by molar-refractivity contribution is 5.68. The molecule has 0 unspecified atom stereocenters. The van der Waals surface area contributed by atoms with Gasteiger partial charge in [0.15, 0.2) is 0 Å². The highest BCUT2D eigenvalue weighted by atomic mass is 16.6. The second-order valence-electron chi connectivity index (χ2n) is 11.8. The Morgan fingerprint density at radius 2 is 1.40 bits per heavy atom. The zero-order valence-corrected chi connectivity index (χ0v) is 22.8. The third kappa shape index (κ3) is 11.3. The molecule has 2 heterocycles. The molecule has 0 saturated carbocycles. The highest BCUT2D eigenvalue weighted by Gasteiger charge is 2.32. The lowest BCUT2D eigenvalue weighted by Crippen LogP contribution is -2.42. The highest BCUT2D eigenvalue weighted by Crippen LogP contribution is 2.19. The van der Waals surface area contributed by atoms with Crippen LogP contribution in [0.25, 0.3) is 0 Å². The van der Waals surface area contributed by atoms with Gasteiger partial charge >= 0.3 is 12.2 Å². The third-order valence-corrected chi connectivity index (χ3v) is 5.86. The quantitative estimate of drug-likeness (QED) is 0.587. The number of carbonyl (C=O) groups excluding carboxylic acids is 2. The van der Waals surface area contributed by atoms with Crippen molar-refractivity contribution in [2.24, 2.45) is 11.8 Å². The monoisotopic (exact) mass is 490 g/mol. The molecule has 8 heteroatoms. The van der Waals surface area contributed by atoms with Crippen LogP contribution in [0.1, 0.15) is 61.0 Å². The maximum Gasteiger partial charge on any atom is 0.407 e. The van der Waals surface area contributed by atoms with Crippen molar-refractivity contribution in [3.8, 4) is 0 Å². The van der Waals surface area contributed by atoms with Crippen molar-refractivity contribution in [2.45, 2.75) is 85.2 Å². The number of rotatable bonds is 4. The smallest absolute Gasteiger partial charge is 0.407 e. The van der Waals surface area contributed by atoms with Crippen LogP contribution in [0.15, 0.2) is 30.3 Å². The number of alkyl carbamates (subject to hydrolysis) is 2. The molecule has 0 aromatic heterocycles. The van der Waals surface area contributed by atoms with E-state index in [1.165, 1.54) is 5.56 Å². The fraction of sp³-hybridized carbons (Fsp3) is 0.704. The first-order chi connectivity index (χ1) is 16.2. The van der Waals surface area contributed by atoms with E-state index in [9.17, 15) is 9.59 Å². The van der Waals surface area contributed by atoms with E-state index in [-0.39, 0.29) is 24.3 Å². The maximum atomic E-state index is 11.9. The van der Waals surface area contributed by atoms with E-state index in [1.807, 2.05) is 47.6 Å². The second-order valence-corrected chi connectivity index (χ2v) is 11.8. The molecule has 0 radical (unpaired) electrons. The normalized spacial score (nSPS) is 24.8. The first-order valence-electron chi connectivity index (χ1n) is 12.7. The summed E-state index contributed by atoms with van der Waals surface area (Å²) in [5.41, 5.74) is 0.442. The summed E-state index contributed by atoms with van der Waals surface area (Å²) in [6, 6.07) is 10.8. The molecular weight excluding hydrogens is 444 g/mol. The number of nitrogens with zero attached hydrogens (tertiary/aromatic N) is 1. The minimum Gasteiger partial charge on any atom is -0.444 e. The van der Waals surface area contributed by atoms with Crippen LogP contribution in [-0.4, -0.2) is 66.6 Å². The first-order valence-corrected chi connectivity index (χ1v) is 12.7. The summed E-state index contributed by atoms with van der Waals surface area (Å²) in [7, 11) is 0. The zero-order valence-electron chi connectivity index (χ0n) is 22.8. The zero-order chi connectivity index (χ0) is 26.2. The summed E-state index contributed by atoms with van der Waals surface area (Å²) in [6.07, 6.45) is -0.640. The standard InChI is InChI=1S/C17H26N2O2.C10H20N2O2/c1-13-10-19(11-14-8-6-5-7-9-14)12-15(13)18-16(20)21-17(2,3)4;1-7-5-11-6-8(7)12-9(13)14-10(2,3)4/h5-9,13,15H,10-12H2,1-4H3,(H,18,20);7-8,11H,5-6H2,1-4H3,(H,12,13)/t13-,15+;7-,8+/m00/s1. The van der Waals surface area contributed by atoms with Crippen molar-refractivity contribution in [3.05, 3.63) is 35.9 Å². The van der Waals surface area contributed by atoms with E-state index < -0.39 is 11.2 Å². The van der Waals surface area contributed by atoms with Crippen molar-refractivity contribution < 1.29 is 19.1 Å². The topological polar surface area (TPSA) is 91.9 Å². The van der Waals surface area contributed by atoms with Crippen LogP contribution in [-0.2, 0) is 16.0 Å². The summed E-state index contributed by atoms with van der Waals surface area (Å²) in [5.74, 6) is 0.906. The van der Waals surface area contributed by atoms with Crippen molar-refractivity contribution in [3.63, 3.8) is 0 Å². The van der Waals surface area contributed by atoms with Gasteiger partial charge in [0, 0.05) is 38.3 Å². The van der Waals surface area contributed by atoms with E-state index in [0.717, 1.165) is 32.7 Å². The Morgan fingerprint density at radius 3 is 1.89 bits per heavy atom. The molecule has 2 saturated heterocycles. The van der Waals surface area contributed by atoms with E-state index >= 15 is 0 Å². The van der Waals surface area contributed by atoms with Crippen LogP contribution in [0.3, 0.4) is 0 Å². The number of hydrogen-bond donors (Lipinski definition) is 3. The van der Waals surface area contributed by atoms with Crippen LogP contribution < -0.4 is 16.0 Å². The van der Waals surface area contributed by atoms with Gasteiger partial charge in [-0.25, -0.2) is 9.59 Å². The summed E-state index contributed by atoms with van der Waals surface area (Å²) in [5, 5.41) is 9.08. The molecule has 3 rings (SSSR count). The fourth-order valence-electron chi connectivity index (χ4n) is 4.15. The Balaban J connectivity index is 0.000000269.